The highest BCUT2D eigenvalue weighted by Gasteiger charge is 2.37. The topological polar surface area (TPSA) is 50.3 Å². The summed E-state index contributed by atoms with van der Waals surface area (Å²) >= 11 is 0. The monoisotopic (exact) mass is 262 g/mol. The molecule has 0 aliphatic carbocycles. The molecule has 2 aliphatic rings. The molecule has 2 atom stereocenters. The summed E-state index contributed by atoms with van der Waals surface area (Å²) in [5.41, 5.74) is 0. The number of aryl methyl sites for hydroxylation is 1. The predicted molar refractivity (Wildman–Crippen MR) is 74.6 cm³/mol. The van der Waals surface area contributed by atoms with Crippen LogP contribution in [0.15, 0.2) is 6.07 Å². The molecule has 2 aliphatic heterocycles. The third-order valence-corrected chi connectivity index (χ3v) is 4.05. The van der Waals surface area contributed by atoms with Crippen molar-refractivity contribution in [2.75, 3.05) is 25.0 Å². The van der Waals surface area contributed by atoms with Crippen LogP contribution in [0.25, 0.3) is 0 Å². The lowest BCUT2D eigenvalue weighted by Gasteiger charge is -2.22. The second-order valence-corrected chi connectivity index (χ2v) is 5.36. The van der Waals surface area contributed by atoms with Gasteiger partial charge >= 0.3 is 0 Å². The molecular weight excluding hydrogens is 240 g/mol. The quantitative estimate of drug-likeness (QED) is 0.897. The molecule has 1 N–H and O–H groups in total. The SMILES string of the molecule is CCOc1cc(NC2CCN3CCCC23)nc(C)n1. The van der Waals surface area contributed by atoms with Crippen LogP contribution in [0.4, 0.5) is 5.82 Å². The van der Waals surface area contributed by atoms with E-state index < -0.39 is 0 Å². The Hall–Kier alpha value is -1.36. The van der Waals surface area contributed by atoms with E-state index in [1.807, 2.05) is 19.9 Å². The van der Waals surface area contributed by atoms with Gasteiger partial charge in [-0.05, 0) is 39.7 Å². The molecule has 0 radical (unpaired) electrons. The number of aromatic nitrogens is 2. The minimum atomic E-state index is 0.520. The molecule has 104 valence electrons. The van der Waals surface area contributed by atoms with Crippen LogP contribution in [-0.2, 0) is 0 Å². The first-order chi connectivity index (χ1) is 9.26. The average molecular weight is 262 g/mol. The molecule has 0 saturated carbocycles. The van der Waals surface area contributed by atoms with Crippen molar-refractivity contribution in [1.29, 1.82) is 0 Å². The highest BCUT2D eigenvalue weighted by Crippen LogP contribution is 2.30. The van der Waals surface area contributed by atoms with E-state index in [0.717, 1.165) is 11.6 Å². The molecule has 3 rings (SSSR count). The number of hydrogen-bond acceptors (Lipinski definition) is 5. The number of anilines is 1. The Bertz CT molecular complexity index is 451. The van der Waals surface area contributed by atoms with E-state index in [-0.39, 0.29) is 0 Å². The Kier molecular flexibility index (Phi) is 3.55. The Balaban J connectivity index is 1.72. The van der Waals surface area contributed by atoms with Crippen LogP contribution >= 0.6 is 0 Å². The van der Waals surface area contributed by atoms with Crippen LogP contribution in [0.3, 0.4) is 0 Å². The lowest BCUT2D eigenvalue weighted by Crippen LogP contribution is -2.34. The molecule has 5 heteroatoms. The average Bonchev–Trinajstić information content (AvgIpc) is 2.94. The highest BCUT2D eigenvalue weighted by atomic mass is 16.5. The third kappa shape index (κ3) is 2.66. The lowest BCUT2D eigenvalue weighted by atomic mass is 10.1. The summed E-state index contributed by atoms with van der Waals surface area (Å²) in [4.78, 5) is 11.3. The molecule has 2 fully saturated rings. The highest BCUT2D eigenvalue weighted by molar-refractivity contribution is 5.40. The summed E-state index contributed by atoms with van der Waals surface area (Å²) in [6, 6.07) is 3.12. The fourth-order valence-electron chi connectivity index (χ4n) is 3.28. The standard InChI is InChI=1S/C14H22N4O/c1-3-19-14-9-13(15-10(2)16-14)17-11-6-8-18-7-4-5-12(11)18/h9,11-12H,3-8H2,1-2H3,(H,15,16,17). The van der Waals surface area contributed by atoms with E-state index >= 15 is 0 Å². The van der Waals surface area contributed by atoms with Gasteiger partial charge in [0, 0.05) is 24.7 Å². The van der Waals surface area contributed by atoms with E-state index in [1.54, 1.807) is 0 Å². The van der Waals surface area contributed by atoms with Gasteiger partial charge in [-0.15, -0.1) is 0 Å². The third-order valence-electron chi connectivity index (χ3n) is 4.05. The number of nitrogens with zero attached hydrogens (tertiary/aromatic N) is 3. The van der Waals surface area contributed by atoms with Crippen LogP contribution in [0.1, 0.15) is 32.0 Å². The summed E-state index contributed by atoms with van der Waals surface area (Å²) in [6.07, 6.45) is 3.84. The van der Waals surface area contributed by atoms with E-state index in [4.69, 9.17) is 4.74 Å². The lowest BCUT2D eigenvalue weighted by molar-refractivity contribution is 0.317. The molecule has 2 saturated heterocycles. The molecule has 0 spiro atoms. The maximum Gasteiger partial charge on any atom is 0.218 e. The summed E-state index contributed by atoms with van der Waals surface area (Å²) in [7, 11) is 0. The Morgan fingerprint density at radius 1 is 1.37 bits per heavy atom. The smallest absolute Gasteiger partial charge is 0.218 e. The van der Waals surface area contributed by atoms with Crippen LogP contribution in [0.2, 0.25) is 0 Å². The van der Waals surface area contributed by atoms with Crippen LogP contribution in [0, 0.1) is 6.92 Å². The Labute approximate surface area is 114 Å². The van der Waals surface area contributed by atoms with Gasteiger partial charge in [-0.2, -0.15) is 4.98 Å². The first-order valence-corrected chi connectivity index (χ1v) is 7.25. The summed E-state index contributed by atoms with van der Waals surface area (Å²) < 4.78 is 5.48. The van der Waals surface area contributed by atoms with Gasteiger partial charge in [0.2, 0.25) is 5.88 Å². The van der Waals surface area contributed by atoms with Crippen LogP contribution in [0.5, 0.6) is 5.88 Å². The van der Waals surface area contributed by atoms with Crippen LogP contribution in [-0.4, -0.2) is 46.6 Å². The molecular formula is C14H22N4O. The molecule has 2 unspecified atom stereocenters. The van der Waals surface area contributed by atoms with Crippen molar-refractivity contribution < 1.29 is 4.74 Å². The predicted octanol–water partition coefficient (Wildman–Crippen LogP) is 1.83. The van der Waals surface area contributed by atoms with Crippen molar-refractivity contribution in [3.8, 4) is 5.88 Å². The maximum atomic E-state index is 5.48. The molecule has 5 nitrogen and oxygen atoms in total. The second-order valence-electron chi connectivity index (χ2n) is 5.36. The molecule has 0 amide bonds. The van der Waals surface area contributed by atoms with Crippen molar-refractivity contribution in [2.24, 2.45) is 0 Å². The van der Waals surface area contributed by atoms with Gasteiger partial charge in [0.1, 0.15) is 11.6 Å². The Morgan fingerprint density at radius 3 is 3.11 bits per heavy atom. The summed E-state index contributed by atoms with van der Waals surface area (Å²) in [5, 5.41) is 3.58. The summed E-state index contributed by atoms with van der Waals surface area (Å²) in [5.74, 6) is 2.32. The molecule has 3 heterocycles. The van der Waals surface area contributed by atoms with Crippen molar-refractivity contribution in [2.45, 2.75) is 45.2 Å². The van der Waals surface area contributed by atoms with E-state index in [2.05, 4.69) is 20.2 Å². The van der Waals surface area contributed by atoms with E-state index in [9.17, 15) is 0 Å². The van der Waals surface area contributed by atoms with Gasteiger partial charge in [-0.25, -0.2) is 4.98 Å². The number of ether oxygens (including phenoxy) is 1. The van der Waals surface area contributed by atoms with Gasteiger partial charge in [0.25, 0.3) is 0 Å². The normalized spacial score (nSPS) is 26.4. The largest absolute Gasteiger partial charge is 0.478 e. The minimum absolute atomic E-state index is 0.520. The minimum Gasteiger partial charge on any atom is -0.478 e. The molecule has 1 aromatic heterocycles. The number of nitrogens with one attached hydrogen (secondary N) is 1. The van der Waals surface area contributed by atoms with Crippen molar-refractivity contribution in [3.05, 3.63) is 11.9 Å². The molecule has 0 bridgehead atoms. The molecule has 1 aromatic rings. The fourth-order valence-corrected chi connectivity index (χ4v) is 3.28. The van der Waals surface area contributed by atoms with Gasteiger partial charge in [0.05, 0.1) is 6.61 Å². The van der Waals surface area contributed by atoms with E-state index in [1.165, 1.54) is 32.4 Å². The second kappa shape index (κ2) is 5.33. The zero-order valence-corrected chi connectivity index (χ0v) is 11.7. The number of rotatable bonds is 4. The summed E-state index contributed by atoms with van der Waals surface area (Å²) in [6.45, 7) is 6.98. The molecule has 0 aromatic carbocycles. The van der Waals surface area contributed by atoms with Crippen molar-refractivity contribution >= 4 is 5.82 Å². The van der Waals surface area contributed by atoms with Gasteiger partial charge in [-0.1, -0.05) is 0 Å². The number of hydrogen-bond donors (Lipinski definition) is 1. The first-order valence-electron chi connectivity index (χ1n) is 7.25. The van der Waals surface area contributed by atoms with Gasteiger partial charge in [-0.3, -0.25) is 4.90 Å². The van der Waals surface area contributed by atoms with Gasteiger partial charge < -0.3 is 10.1 Å². The van der Waals surface area contributed by atoms with Crippen molar-refractivity contribution in [3.63, 3.8) is 0 Å². The Morgan fingerprint density at radius 2 is 2.26 bits per heavy atom. The zero-order valence-electron chi connectivity index (χ0n) is 11.7. The van der Waals surface area contributed by atoms with E-state index in [0.29, 0.717) is 24.6 Å². The molecule has 19 heavy (non-hydrogen) atoms. The van der Waals surface area contributed by atoms with Crippen molar-refractivity contribution in [1.82, 2.24) is 14.9 Å². The number of fused-ring (bicyclic) bond motifs is 1. The van der Waals surface area contributed by atoms with Gasteiger partial charge in [0.15, 0.2) is 0 Å². The zero-order chi connectivity index (χ0) is 13.2. The first kappa shape index (κ1) is 12.7. The van der Waals surface area contributed by atoms with Crippen LogP contribution < -0.4 is 10.1 Å². The maximum absolute atomic E-state index is 5.48. The fraction of sp³-hybridized carbons (Fsp3) is 0.714.